The van der Waals surface area contributed by atoms with E-state index in [0.717, 1.165) is 24.9 Å². The van der Waals surface area contributed by atoms with Crippen molar-refractivity contribution in [3.8, 4) is 0 Å². The fourth-order valence-corrected chi connectivity index (χ4v) is 4.02. The Hall–Kier alpha value is -1.35. The first-order valence-electron chi connectivity index (χ1n) is 8.30. The van der Waals surface area contributed by atoms with Crippen molar-refractivity contribution in [3.63, 3.8) is 0 Å². The quantitative estimate of drug-likeness (QED) is 0.906. The largest absolute Gasteiger partial charge is 0.309 e. The molecule has 21 heavy (non-hydrogen) atoms. The first-order chi connectivity index (χ1) is 10.2. The molecule has 2 aliphatic rings. The minimum Gasteiger partial charge on any atom is -0.309 e. The van der Waals surface area contributed by atoms with E-state index < -0.39 is 0 Å². The highest BCUT2D eigenvalue weighted by Gasteiger charge is 2.37. The lowest BCUT2D eigenvalue weighted by molar-refractivity contribution is -0.122. The lowest BCUT2D eigenvalue weighted by atomic mass is 9.93. The van der Waals surface area contributed by atoms with Crippen LogP contribution in [0.1, 0.15) is 44.6 Å². The van der Waals surface area contributed by atoms with Crippen LogP contribution in [-0.4, -0.2) is 25.0 Å². The molecule has 1 aromatic carbocycles. The summed E-state index contributed by atoms with van der Waals surface area (Å²) in [5, 5.41) is 3.26. The average molecular weight is 286 g/mol. The SMILES string of the molecule is CNC1C(=O)N(C2CCCCC2)c2ccccc2CC1C. The zero-order valence-corrected chi connectivity index (χ0v) is 13.1. The van der Waals surface area contributed by atoms with E-state index in [1.165, 1.54) is 24.8 Å². The van der Waals surface area contributed by atoms with Gasteiger partial charge in [-0.2, -0.15) is 0 Å². The van der Waals surface area contributed by atoms with Gasteiger partial charge in [-0.05, 0) is 43.9 Å². The maximum Gasteiger partial charge on any atom is 0.244 e. The minimum absolute atomic E-state index is 0.0701. The van der Waals surface area contributed by atoms with Gasteiger partial charge >= 0.3 is 0 Å². The van der Waals surface area contributed by atoms with Crippen LogP contribution in [0.25, 0.3) is 0 Å². The summed E-state index contributed by atoms with van der Waals surface area (Å²) in [6, 6.07) is 8.79. The molecule has 1 saturated carbocycles. The lowest BCUT2D eigenvalue weighted by Gasteiger charge is -2.36. The number of carbonyl (C=O) groups is 1. The zero-order chi connectivity index (χ0) is 14.8. The first kappa shape index (κ1) is 14.6. The molecule has 1 aromatic rings. The second kappa shape index (κ2) is 6.18. The van der Waals surface area contributed by atoms with Gasteiger partial charge in [0, 0.05) is 11.7 Å². The highest BCUT2D eigenvalue weighted by molar-refractivity contribution is 5.99. The fraction of sp³-hybridized carbons (Fsp3) is 0.611. The Bertz CT molecular complexity index is 508. The molecule has 3 rings (SSSR count). The minimum atomic E-state index is -0.0701. The van der Waals surface area contributed by atoms with Crippen molar-refractivity contribution in [2.45, 2.75) is 57.5 Å². The van der Waals surface area contributed by atoms with Gasteiger partial charge in [-0.25, -0.2) is 0 Å². The van der Waals surface area contributed by atoms with Crippen molar-refractivity contribution in [3.05, 3.63) is 29.8 Å². The van der Waals surface area contributed by atoms with Crippen molar-refractivity contribution < 1.29 is 4.79 Å². The molecule has 0 radical (unpaired) electrons. The van der Waals surface area contributed by atoms with Crippen molar-refractivity contribution in [2.24, 2.45) is 5.92 Å². The summed E-state index contributed by atoms with van der Waals surface area (Å²) in [4.78, 5) is 15.2. The molecule has 0 aromatic heterocycles. The molecule has 0 saturated heterocycles. The van der Waals surface area contributed by atoms with Crippen LogP contribution in [-0.2, 0) is 11.2 Å². The third kappa shape index (κ3) is 2.71. The van der Waals surface area contributed by atoms with Gasteiger partial charge in [-0.3, -0.25) is 4.79 Å². The van der Waals surface area contributed by atoms with E-state index >= 15 is 0 Å². The van der Waals surface area contributed by atoms with E-state index in [9.17, 15) is 4.79 Å². The molecule has 114 valence electrons. The van der Waals surface area contributed by atoms with Crippen LogP contribution in [0.15, 0.2) is 24.3 Å². The normalized spacial score (nSPS) is 27.3. The van der Waals surface area contributed by atoms with Gasteiger partial charge in [0.25, 0.3) is 0 Å². The summed E-state index contributed by atoms with van der Waals surface area (Å²) in [5.41, 5.74) is 2.47. The molecule has 1 amide bonds. The molecule has 3 nitrogen and oxygen atoms in total. The Labute approximate surface area is 127 Å². The molecule has 1 aliphatic carbocycles. The lowest BCUT2D eigenvalue weighted by Crippen LogP contribution is -2.51. The maximum absolute atomic E-state index is 13.1. The van der Waals surface area contributed by atoms with Gasteiger partial charge in [-0.1, -0.05) is 44.4 Å². The van der Waals surface area contributed by atoms with Gasteiger partial charge < -0.3 is 10.2 Å². The molecular formula is C18H26N2O. The molecule has 1 N–H and O–H groups in total. The highest BCUT2D eigenvalue weighted by atomic mass is 16.2. The summed E-state index contributed by atoms with van der Waals surface area (Å²) >= 11 is 0. The predicted octanol–water partition coefficient (Wildman–Crippen LogP) is 3.13. The molecule has 2 unspecified atom stereocenters. The van der Waals surface area contributed by atoms with Crippen LogP contribution in [0.3, 0.4) is 0 Å². The Morgan fingerprint density at radius 1 is 1.14 bits per heavy atom. The zero-order valence-electron chi connectivity index (χ0n) is 13.1. The number of nitrogens with zero attached hydrogens (tertiary/aromatic N) is 1. The van der Waals surface area contributed by atoms with Crippen molar-refractivity contribution in [1.82, 2.24) is 5.32 Å². The van der Waals surface area contributed by atoms with E-state index in [1.54, 1.807) is 0 Å². The molecule has 1 heterocycles. The van der Waals surface area contributed by atoms with Gasteiger partial charge in [-0.15, -0.1) is 0 Å². The van der Waals surface area contributed by atoms with E-state index in [4.69, 9.17) is 0 Å². The summed E-state index contributed by atoms with van der Waals surface area (Å²) in [6.07, 6.45) is 7.06. The van der Waals surface area contributed by atoms with Gasteiger partial charge in [0.15, 0.2) is 0 Å². The smallest absolute Gasteiger partial charge is 0.244 e. The number of amides is 1. The number of carbonyl (C=O) groups excluding carboxylic acids is 1. The summed E-state index contributed by atoms with van der Waals surface area (Å²) in [7, 11) is 1.91. The Kier molecular flexibility index (Phi) is 4.29. The predicted molar refractivity (Wildman–Crippen MR) is 86.5 cm³/mol. The van der Waals surface area contributed by atoms with Crippen LogP contribution in [0.2, 0.25) is 0 Å². The second-order valence-corrected chi connectivity index (χ2v) is 6.58. The number of anilines is 1. The Morgan fingerprint density at radius 2 is 1.86 bits per heavy atom. The molecule has 1 fully saturated rings. The summed E-state index contributed by atoms with van der Waals surface area (Å²) in [6.45, 7) is 2.18. The van der Waals surface area contributed by atoms with Gasteiger partial charge in [0.2, 0.25) is 5.91 Å². The second-order valence-electron chi connectivity index (χ2n) is 6.58. The molecule has 3 heteroatoms. The fourth-order valence-electron chi connectivity index (χ4n) is 4.02. The van der Waals surface area contributed by atoms with E-state index in [1.807, 2.05) is 7.05 Å². The first-order valence-corrected chi connectivity index (χ1v) is 8.30. The number of benzene rings is 1. The molecular weight excluding hydrogens is 260 g/mol. The van der Waals surface area contributed by atoms with Crippen LogP contribution in [0, 0.1) is 5.92 Å². The number of fused-ring (bicyclic) bond motifs is 1. The van der Waals surface area contributed by atoms with Gasteiger partial charge in [0.05, 0.1) is 6.04 Å². The Morgan fingerprint density at radius 3 is 2.57 bits per heavy atom. The monoisotopic (exact) mass is 286 g/mol. The number of nitrogens with one attached hydrogen (secondary N) is 1. The van der Waals surface area contributed by atoms with Crippen molar-refractivity contribution in [1.29, 1.82) is 0 Å². The van der Waals surface area contributed by atoms with E-state index in [2.05, 4.69) is 41.4 Å². The topological polar surface area (TPSA) is 32.3 Å². The number of hydrogen-bond donors (Lipinski definition) is 1. The van der Waals surface area contributed by atoms with Crippen LogP contribution >= 0.6 is 0 Å². The Balaban J connectivity index is 2.02. The molecule has 1 aliphatic heterocycles. The van der Waals surface area contributed by atoms with Crippen LogP contribution < -0.4 is 10.2 Å². The number of hydrogen-bond acceptors (Lipinski definition) is 2. The molecule has 2 atom stereocenters. The van der Waals surface area contributed by atoms with Gasteiger partial charge in [0.1, 0.15) is 0 Å². The average Bonchev–Trinajstić information content (AvgIpc) is 2.61. The third-order valence-electron chi connectivity index (χ3n) is 5.12. The van der Waals surface area contributed by atoms with Crippen molar-refractivity contribution in [2.75, 3.05) is 11.9 Å². The summed E-state index contributed by atoms with van der Waals surface area (Å²) in [5.74, 6) is 0.596. The summed E-state index contributed by atoms with van der Waals surface area (Å²) < 4.78 is 0. The molecule has 0 bridgehead atoms. The van der Waals surface area contributed by atoms with Crippen LogP contribution in [0.4, 0.5) is 5.69 Å². The van der Waals surface area contributed by atoms with Crippen LogP contribution in [0.5, 0.6) is 0 Å². The molecule has 0 spiro atoms. The maximum atomic E-state index is 13.1. The van der Waals surface area contributed by atoms with E-state index in [-0.39, 0.29) is 11.9 Å². The number of likely N-dealkylation sites (N-methyl/N-ethyl adjacent to an activating group) is 1. The third-order valence-corrected chi connectivity index (χ3v) is 5.12. The standard InChI is InChI=1S/C18H26N2O/c1-13-12-14-8-6-7-11-16(14)20(18(21)17(13)19-2)15-9-4-3-5-10-15/h6-8,11,13,15,17,19H,3-5,9-10,12H2,1-2H3. The number of rotatable bonds is 2. The number of para-hydroxylation sites is 1. The van der Waals surface area contributed by atoms with Crippen molar-refractivity contribution >= 4 is 11.6 Å². The highest BCUT2D eigenvalue weighted by Crippen LogP contribution is 2.34. The van der Waals surface area contributed by atoms with E-state index in [0.29, 0.717) is 12.0 Å².